The molecule has 0 aromatic heterocycles. The van der Waals surface area contributed by atoms with Crippen LogP contribution >= 0.6 is 0 Å². The molecule has 0 aromatic carbocycles. The summed E-state index contributed by atoms with van der Waals surface area (Å²) in [6, 6.07) is 0. The predicted molar refractivity (Wildman–Crippen MR) is 30.1 cm³/mol. The molecule has 1 amide bonds. The summed E-state index contributed by atoms with van der Waals surface area (Å²) >= 11 is 0. The van der Waals surface area contributed by atoms with Gasteiger partial charge in [-0.15, -0.1) is 0 Å². The van der Waals surface area contributed by atoms with Crippen LogP contribution in [0, 0.1) is 5.92 Å². The monoisotopic (exact) mass is 112 g/mol. The van der Waals surface area contributed by atoms with Crippen LogP contribution in [0.2, 0.25) is 0 Å². The summed E-state index contributed by atoms with van der Waals surface area (Å²) < 4.78 is 0. The number of rotatable bonds is 2. The van der Waals surface area contributed by atoms with E-state index in [2.05, 4.69) is 0 Å². The molecule has 8 heavy (non-hydrogen) atoms. The minimum atomic E-state index is -0.394. The smallest absolute Gasteiger partial charge is 0.238 e. The molecule has 0 bridgehead atoms. The first-order valence-corrected chi connectivity index (χ1v) is 3.03. The van der Waals surface area contributed by atoms with Crippen molar-refractivity contribution in [3.8, 4) is 0 Å². The molecule has 1 aliphatic carbocycles. The van der Waals surface area contributed by atoms with Crippen LogP contribution in [0.5, 0.6) is 0 Å². The van der Waals surface area contributed by atoms with Gasteiger partial charge in [0.05, 0.1) is 0 Å². The van der Waals surface area contributed by atoms with Crippen LogP contribution in [-0.2, 0) is 4.79 Å². The first-order valence-electron chi connectivity index (χ1n) is 3.03. The van der Waals surface area contributed by atoms with E-state index in [0.717, 1.165) is 0 Å². The molecule has 1 N–H and O–H groups in total. The quantitative estimate of drug-likeness (QED) is 0.525. The molecular weight excluding hydrogens is 102 g/mol. The Bertz CT molecular complexity index is 96.7. The summed E-state index contributed by atoms with van der Waals surface area (Å²) in [6.45, 7) is 0. The van der Waals surface area contributed by atoms with E-state index in [9.17, 15) is 4.79 Å². The lowest BCUT2D eigenvalue weighted by atomic mass is 9.83. The summed E-state index contributed by atoms with van der Waals surface area (Å²) in [5, 5.41) is 0. The normalized spacial score (nSPS) is 20.0. The Balaban J connectivity index is 2.09. The van der Waals surface area contributed by atoms with Gasteiger partial charge in [-0.1, -0.05) is 6.42 Å². The second kappa shape index (κ2) is 2.16. The van der Waals surface area contributed by atoms with Gasteiger partial charge in [0.25, 0.3) is 0 Å². The molecule has 0 heterocycles. The summed E-state index contributed by atoms with van der Waals surface area (Å²) in [6.07, 6.45) is 4.10. The molecule has 0 spiro atoms. The largest absolute Gasteiger partial charge is 0.273 e. The van der Waals surface area contributed by atoms with E-state index < -0.39 is 5.91 Å². The van der Waals surface area contributed by atoms with Crippen molar-refractivity contribution in [3.63, 3.8) is 0 Å². The van der Waals surface area contributed by atoms with Crippen molar-refractivity contribution in [2.45, 2.75) is 25.7 Å². The molecule has 1 rings (SSSR count). The van der Waals surface area contributed by atoms with Crippen LogP contribution in [0.1, 0.15) is 25.7 Å². The van der Waals surface area contributed by atoms with Gasteiger partial charge in [-0.25, -0.2) is 0 Å². The van der Waals surface area contributed by atoms with Crippen LogP contribution in [0.3, 0.4) is 0 Å². The van der Waals surface area contributed by atoms with Gasteiger partial charge in [0.15, 0.2) is 0 Å². The molecule has 45 valence electrons. The van der Waals surface area contributed by atoms with Gasteiger partial charge in [-0.3, -0.25) is 10.5 Å². The number of nitrogens with one attached hydrogen (secondary N) is 1. The zero-order valence-corrected chi connectivity index (χ0v) is 4.81. The molecule has 2 heteroatoms. The molecule has 2 nitrogen and oxygen atoms in total. The molecule has 1 aliphatic rings. The van der Waals surface area contributed by atoms with E-state index >= 15 is 0 Å². The minimum absolute atomic E-state index is 0.394. The summed E-state index contributed by atoms with van der Waals surface area (Å²) in [5.74, 6) is 0.176. The fourth-order valence-electron chi connectivity index (χ4n) is 0.959. The molecule has 0 saturated heterocycles. The molecule has 0 unspecified atom stereocenters. The average molecular weight is 112 g/mol. The minimum Gasteiger partial charge on any atom is -0.273 e. The Morgan fingerprint density at radius 1 is 1.62 bits per heavy atom. The lowest BCUT2D eigenvalue weighted by Gasteiger charge is -2.22. The fraction of sp³-hybridized carbons (Fsp3) is 0.833. The second-order valence-electron chi connectivity index (χ2n) is 2.42. The molecule has 0 aromatic rings. The van der Waals surface area contributed by atoms with Gasteiger partial charge in [0.1, 0.15) is 0 Å². The van der Waals surface area contributed by atoms with E-state index in [0.29, 0.717) is 12.3 Å². The third-order valence-electron chi connectivity index (χ3n) is 1.70. The van der Waals surface area contributed by atoms with Crippen molar-refractivity contribution in [3.05, 3.63) is 0 Å². The number of carbonyl (C=O) groups is 1. The van der Waals surface area contributed by atoms with E-state index in [-0.39, 0.29) is 0 Å². The topological polar surface area (TPSA) is 40.9 Å². The highest BCUT2D eigenvalue weighted by Gasteiger charge is 2.18. The van der Waals surface area contributed by atoms with Gasteiger partial charge in [-0.05, 0) is 18.8 Å². The highest BCUT2D eigenvalue weighted by Crippen LogP contribution is 2.28. The Hall–Kier alpha value is -0.530. The predicted octanol–water partition coefficient (Wildman–Crippen LogP) is 0.986. The van der Waals surface area contributed by atoms with Crippen LogP contribution in [0.15, 0.2) is 0 Å². The molecule has 1 radical (unpaired) electrons. The Kier molecular flexibility index (Phi) is 1.51. The van der Waals surface area contributed by atoms with Crippen LogP contribution in [0.25, 0.3) is 0 Å². The van der Waals surface area contributed by atoms with Crippen LogP contribution < -0.4 is 5.73 Å². The maximum atomic E-state index is 10.1. The zero-order valence-electron chi connectivity index (χ0n) is 4.81. The summed E-state index contributed by atoms with van der Waals surface area (Å²) in [5.41, 5.74) is 6.61. The van der Waals surface area contributed by atoms with Gasteiger partial charge in [0.2, 0.25) is 5.91 Å². The number of hydrogen-bond donors (Lipinski definition) is 0. The van der Waals surface area contributed by atoms with Crippen LogP contribution in [0.4, 0.5) is 0 Å². The van der Waals surface area contributed by atoms with Gasteiger partial charge in [0, 0.05) is 6.42 Å². The summed E-state index contributed by atoms with van der Waals surface area (Å²) in [7, 11) is 0. The Morgan fingerprint density at radius 3 is 2.38 bits per heavy atom. The maximum absolute atomic E-state index is 10.1. The summed E-state index contributed by atoms with van der Waals surface area (Å²) in [4.78, 5) is 10.1. The zero-order chi connectivity index (χ0) is 5.98. The third kappa shape index (κ3) is 1.22. The van der Waals surface area contributed by atoms with Gasteiger partial charge >= 0.3 is 0 Å². The highest BCUT2D eigenvalue weighted by atomic mass is 16.1. The molecule has 1 saturated carbocycles. The third-order valence-corrected chi connectivity index (χ3v) is 1.70. The Morgan fingerprint density at radius 2 is 2.25 bits per heavy atom. The van der Waals surface area contributed by atoms with Crippen molar-refractivity contribution in [2.75, 3.05) is 0 Å². The molecule has 0 atom stereocenters. The SMILES string of the molecule is [NH]C(=O)CC1CCC1. The maximum Gasteiger partial charge on any atom is 0.238 e. The van der Waals surface area contributed by atoms with Crippen molar-refractivity contribution in [1.29, 1.82) is 0 Å². The van der Waals surface area contributed by atoms with Gasteiger partial charge < -0.3 is 0 Å². The number of hydrogen-bond acceptors (Lipinski definition) is 1. The second-order valence-corrected chi connectivity index (χ2v) is 2.42. The molecule has 1 fully saturated rings. The lowest BCUT2D eigenvalue weighted by molar-refractivity contribution is -0.120. The van der Waals surface area contributed by atoms with E-state index in [4.69, 9.17) is 5.73 Å². The fourth-order valence-corrected chi connectivity index (χ4v) is 0.959. The van der Waals surface area contributed by atoms with Crippen molar-refractivity contribution in [2.24, 2.45) is 5.92 Å². The first-order chi connectivity index (χ1) is 3.79. The van der Waals surface area contributed by atoms with Crippen molar-refractivity contribution < 1.29 is 4.79 Å². The number of amides is 1. The van der Waals surface area contributed by atoms with E-state index in [1.54, 1.807) is 0 Å². The van der Waals surface area contributed by atoms with Crippen molar-refractivity contribution in [1.82, 2.24) is 5.73 Å². The standard InChI is InChI=1S/C6H10NO/c7-6(8)4-5-2-1-3-5/h5,7H,1-4H2. The highest BCUT2D eigenvalue weighted by molar-refractivity contribution is 5.73. The molecule has 0 aliphatic heterocycles. The lowest BCUT2D eigenvalue weighted by Crippen LogP contribution is -2.15. The van der Waals surface area contributed by atoms with Crippen molar-refractivity contribution >= 4 is 5.91 Å². The van der Waals surface area contributed by atoms with Gasteiger partial charge in [-0.2, -0.15) is 0 Å². The number of carbonyl (C=O) groups excluding carboxylic acids is 1. The first kappa shape index (κ1) is 5.60. The van der Waals surface area contributed by atoms with Crippen LogP contribution in [-0.4, -0.2) is 5.91 Å². The molecular formula is C6H10NO. The van der Waals surface area contributed by atoms with E-state index in [1.165, 1.54) is 19.3 Å². The Labute approximate surface area is 49.1 Å². The average Bonchev–Trinajstić information content (AvgIpc) is 1.55. The van der Waals surface area contributed by atoms with E-state index in [1.807, 2.05) is 0 Å².